The Morgan fingerprint density at radius 1 is 1.26 bits per heavy atom. The average molecular weight is 262 g/mol. The average Bonchev–Trinajstić information content (AvgIpc) is 3.10. The van der Waals surface area contributed by atoms with Gasteiger partial charge in [-0.1, -0.05) is 0 Å². The molecule has 0 N–H and O–H groups in total. The Kier molecular flexibility index (Phi) is 1.88. The molecule has 4 atom stereocenters. The Balaban J connectivity index is 1.86. The molecule has 3 saturated heterocycles. The van der Waals surface area contributed by atoms with E-state index in [9.17, 15) is 4.79 Å². The molecule has 0 amide bonds. The van der Waals surface area contributed by atoms with E-state index >= 15 is 0 Å². The van der Waals surface area contributed by atoms with Gasteiger partial charge in [0, 0.05) is 0 Å². The molecule has 0 spiro atoms. The van der Waals surface area contributed by atoms with Crippen molar-refractivity contribution in [2.45, 2.75) is 38.9 Å². The van der Waals surface area contributed by atoms with Gasteiger partial charge in [-0.15, -0.1) is 15.3 Å². The molecule has 3 aliphatic heterocycles. The number of carbonyl (C=O) groups excluding carboxylic acids is 1. The van der Waals surface area contributed by atoms with Crippen LogP contribution in [0.25, 0.3) is 0 Å². The molecule has 4 rings (SSSR count). The number of hydrogen-bond acceptors (Lipinski definition) is 6. The van der Waals surface area contributed by atoms with Crippen LogP contribution in [0.1, 0.15) is 26.7 Å². The Bertz CT molecular complexity index is 584. The first-order chi connectivity index (χ1) is 9.06. The van der Waals surface area contributed by atoms with Crippen molar-refractivity contribution < 1.29 is 14.3 Å². The first-order valence-electron chi connectivity index (χ1n) is 6.38. The van der Waals surface area contributed by atoms with Crippen LogP contribution in [-0.4, -0.2) is 38.9 Å². The first-order valence-corrected chi connectivity index (χ1v) is 6.38. The third kappa shape index (κ3) is 1.08. The second-order valence-corrected chi connectivity index (χ2v) is 5.73. The lowest BCUT2D eigenvalue weighted by molar-refractivity contribution is -0.146. The highest BCUT2D eigenvalue weighted by Gasteiger charge is 2.75. The quantitative estimate of drug-likeness (QED) is 0.691. The van der Waals surface area contributed by atoms with Crippen LogP contribution >= 0.6 is 0 Å². The minimum atomic E-state index is -0.636. The maximum Gasteiger partial charge on any atom is 0.322 e. The molecule has 3 aliphatic rings. The number of cyclic esters (lactones) is 1. The van der Waals surface area contributed by atoms with Gasteiger partial charge in [0.15, 0.2) is 0 Å². The van der Waals surface area contributed by atoms with Gasteiger partial charge in [-0.05, 0) is 26.7 Å². The number of aromatic nitrogens is 3. The normalized spacial score (nSPS) is 45.8. The van der Waals surface area contributed by atoms with Crippen molar-refractivity contribution in [3.8, 4) is 0 Å². The number of hydrogen-bond donors (Lipinski definition) is 0. The van der Waals surface area contributed by atoms with Gasteiger partial charge in [-0.25, -0.2) is 4.68 Å². The van der Waals surface area contributed by atoms with Crippen LogP contribution in [0.15, 0.2) is 17.8 Å². The van der Waals surface area contributed by atoms with Crippen molar-refractivity contribution in [3.63, 3.8) is 0 Å². The zero-order chi connectivity index (χ0) is 13.3. The topological polar surface area (TPSA) is 78.6 Å². The number of rotatable bonds is 1. The van der Waals surface area contributed by atoms with Gasteiger partial charge in [-0.2, -0.15) is 0 Å². The molecule has 3 fully saturated rings. The monoisotopic (exact) mass is 262 g/mol. The van der Waals surface area contributed by atoms with E-state index in [0.717, 1.165) is 12.8 Å². The second kappa shape index (κ2) is 3.22. The van der Waals surface area contributed by atoms with Crippen molar-refractivity contribution in [3.05, 3.63) is 12.7 Å². The van der Waals surface area contributed by atoms with Gasteiger partial charge >= 0.3 is 5.97 Å². The predicted molar refractivity (Wildman–Crippen MR) is 63.1 cm³/mol. The molecule has 1 aromatic heterocycles. The molecule has 0 radical (unpaired) electrons. The molecular weight excluding hydrogens is 248 g/mol. The van der Waals surface area contributed by atoms with Crippen molar-refractivity contribution >= 4 is 11.9 Å². The number of ether oxygens (including phenoxy) is 2. The van der Waals surface area contributed by atoms with E-state index in [1.54, 1.807) is 0 Å². The third-order valence-electron chi connectivity index (χ3n) is 5.06. The summed E-state index contributed by atoms with van der Waals surface area (Å²) in [4.78, 5) is 12.3. The van der Waals surface area contributed by atoms with E-state index in [1.807, 2.05) is 13.8 Å². The van der Waals surface area contributed by atoms with Crippen molar-refractivity contribution in [2.75, 3.05) is 0 Å². The second-order valence-electron chi connectivity index (χ2n) is 5.73. The van der Waals surface area contributed by atoms with Crippen LogP contribution in [0.5, 0.6) is 0 Å². The molecule has 2 bridgehead atoms. The van der Waals surface area contributed by atoms with Crippen molar-refractivity contribution in [1.29, 1.82) is 0 Å². The van der Waals surface area contributed by atoms with Crippen LogP contribution in [0, 0.1) is 10.8 Å². The summed E-state index contributed by atoms with van der Waals surface area (Å²) in [6.07, 6.45) is 4.70. The highest BCUT2D eigenvalue weighted by Crippen LogP contribution is 2.63. The van der Waals surface area contributed by atoms with E-state index in [-0.39, 0.29) is 18.2 Å². The number of fused-ring (bicyclic) bond motifs is 5. The molecular formula is C12H14N4O3. The molecule has 0 aliphatic carbocycles. The van der Waals surface area contributed by atoms with E-state index in [2.05, 4.69) is 15.3 Å². The van der Waals surface area contributed by atoms with Crippen molar-refractivity contribution in [1.82, 2.24) is 14.9 Å². The Morgan fingerprint density at radius 3 is 2.58 bits per heavy atom. The smallest absolute Gasteiger partial charge is 0.322 e. The summed E-state index contributed by atoms with van der Waals surface area (Å²) in [5, 5.41) is 11.7. The maximum atomic E-state index is 12.3. The van der Waals surface area contributed by atoms with Gasteiger partial charge < -0.3 is 9.47 Å². The molecule has 1 aromatic rings. The summed E-state index contributed by atoms with van der Waals surface area (Å²) in [5.41, 5.74) is -1.14. The highest BCUT2D eigenvalue weighted by molar-refractivity contribution is 6.05. The van der Waals surface area contributed by atoms with Gasteiger partial charge in [0.25, 0.3) is 0 Å². The lowest BCUT2D eigenvalue weighted by Gasteiger charge is -2.35. The third-order valence-corrected chi connectivity index (χ3v) is 5.06. The van der Waals surface area contributed by atoms with E-state index in [0.29, 0.717) is 5.90 Å². The Morgan fingerprint density at radius 2 is 1.89 bits per heavy atom. The zero-order valence-electron chi connectivity index (χ0n) is 10.7. The van der Waals surface area contributed by atoms with E-state index in [1.165, 1.54) is 17.3 Å². The number of esters is 1. The summed E-state index contributed by atoms with van der Waals surface area (Å²) in [6.45, 7) is 3.93. The fourth-order valence-electron chi connectivity index (χ4n) is 3.63. The summed E-state index contributed by atoms with van der Waals surface area (Å²) in [7, 11) is 0. The minimum absolute atomic E-state index is 0.0100. The lowest BCUT2D eigenvalue weighted by Crippen LogP contribution is -2.48. The summed E-state index contributed by atoms with van der Waals surface area (Å²) in [5.74, 6) is 0.168. The first kappa shape index (κ1) is 11.1. The standard InChI is InChI=1S/C12H14N4O3/c1-11-7-3-4-8(18-7)12(11,2)10(17)19-9(11)15-16-5-13-14-6-16/h5-8H,3-4H2,1-2H3/b15-9-/t7-,8+,11+,12-/m0/s1. The predicted octanol–water partition coefficient (Wildman–Crippen LogP) is 0.570. The number of carbonyl (C=O) groups is 1. The van der Waals surface area contributed by atoms with Crippen LogP contribution in [0.3, 0.4) is 0 Å². The molecule has 100 valence electrons. The minimum Gasteiger partial charge on any atom is -0.409 e. The van der Waals surface area contributed by atoms with E-state index < -0.39 is 10.8 Å². The number of nitrogens with zero attached hydrogens (tertiary/aromatic N) is 4. The summed E-state index contributed by atoms with van der Waals surface area (Å²) in [6, 6.07) is 0. The van der Waals surface area contributed by atoms with E-state index in [4.69, 9.17) is 9.47 Å². The Labute approximate surface area is 109 Å². The van der Waals surface area contributed by atoms with Gasteiger partial charge in [0.2, 0.25) is 5.90 Å². The van der Waals surface area contributed by atoms with Gasteiger partial charge in [-0.3, -0.25) is 4.79 Å². The Hall–Kier alpha value is -1.76. The molecule has 7 nitrogen and oxygen atoms in total. The van der Waals surface area contributed by atoms with Crippen molar-refractivity contribution in [2.24, 2.45) is 15.9 Å². The van der Waals surface area contributed by atoms with Crippen LogP contribution in [0.2, 0.25) is 0 Å². The SMILES string of the molecule is C[C@@]12/C(=N/n3cnnc3)OC(=O)[C@]1(C)[C@H]1CC[C@@H]2O1. The molecule has 0 saturated carbocycles. The van der Waals surface area contributed by atoms with Crippen LogP contribution < -0.4 is 0 Å². The van der Waals surface area contributed by atoms with Gasteiger partial charge in [0.05, 0.1) is 17.6 Å². The zero-order valence-corrected chi connectivity index (χ0v) is 10.7. The molecule has 7 heteroatoms. The lowest BCUT2D eigenvalue weighted by atomic mass is 9.59. The fraction of sp³-hybridized carbons (Fsp3) is 0.667. The molecule has 19 heavy (non-hydrogen) atoms. The van der Waals surface area contributed by atoms with Crippen LogP contribution in [-0.2, 0) is 14.3 Å². The highest BCUT2D eigenvalue weighted by atomic mass is 16.6. The molecule has 0 aromatic carbocycles. The summed E-state index contributed by atoms with van der Waals surface area (Å²) >= 11 is 0. The van der Waals surface area contributed by atoms with Crippen LogP contribution in [0.4, 0.5) is 0 Å². The summed E-state index contributed by atoms with van der Waals surface area (Å²) < 4.78 is 12.8. The van der Waals surface area contributed by atoms with Gasteiger partial charge in [0.1, 0.15) is 18.1 Å². The molecule has 0 unspecified atom stereocenters. The largest absolute Gasteiger partial charge is 0.409 e. The molecule has 4 heterocycles. The maximum absolute atomic E-state index is 12.3. The fourth-order valence-corrected chi connectivity index (χ4v) is 3.63.